The normalized spacial score (nSPS) is 10.7. The van der Waals surface area contributed by atoms with Crippen LogP contribution < -0.4 is 45.3 Å². The summed E-state index contributed by atoms with van der Waals surface area (Å²) in [5.74, 6) is 4.52. The number of benzene rings is 6. The molecule has 7 rings (SSSR count). The number of para-hydroxylation sites is 2. The minimum atomic E-state index is -0.181. The molecule has 10 nitrogen and oxygen atoms in total. The topological polar surface area (TPSA) is 143 Å². The predicted molar refractivity (Wildman–Crippen MR) is 277 cm³/mol. The Morgan fingerprint density at radius 2 is 1.17 bits per heavy atom. The number of methoxy groups -OCH3 is 1. The Balaban J connectivity index is 0.000000313. The summed E-state index contributed by atoms with van der Waals surface area (Å²) in [5.41, 5.74) is 20.0. The van der Waals surface area contributed by atoms with Crippen LogP contribution in [-0.4, -0.2) is 47.9 Å². The number of ether oxygens (including phenoxy) is 1. The van der Waals surface area contributed by atoms with Crippen molar-refractivity contribution in [3.63, 3.8) is 0 Å². The summed E-state index contributed by atoms with van der Waals surface area (Å²) in [4.78, 5) is 30.0. The molecule has 6 aromatic carbocycles. The Morgan fingerprint density at radius 1 is 0.710 bits per heavy atom. The number of amidine groups is 1. The van der Waals surface area contributed by atoms with Crippen molar-refractivity contribution in [1.29, 1.82) is 0 Å². The van der Waals surface area contributed by atoms with Gasteiger partial charge in [-0.2, -0.15) is 0 Å². The molecule has 2 N–H and O–H groups in total. The van der Waals surface area contributed by atoms with E-state index in [9.17, 15) is 0 Å². The van der Waals surface area contributed by atoms with Crippen LogP contribution in [0.5, 0.6) is 11.5 Å². The maximum atomic E-state index is 9.04. The fourth-order valence-corrected chi connectivity index (χ4v) is 7.58. The Morgan fingerprint density at radius 3 is 1.61 bits per heavy atom. The zero-order valence-corrected chi connectivity index (χ0v) is 44.2. The predicted octanol–water partition coefficient (Wildman–Crippen LogP) is 10.0. The third-order valence-electron chi connectivity index (χ3n) is 10.9. The van der Waals surface area contributed by atoms with Crippen LogP contribution in [0.15, 0.2) is 151 Å². The van der Waals surface area contributed by atoms with Crippen LogP contribution in [0.3, 0.4) is 0 Å². The van der Waals surface area contributed by atoms with Crippen molar-refractivity contribution in [3.8, 4) is 50.8 Å². The second-order valence-electron chi connectivity index (χ2n) is 16.9. The number of imidazole rings is 1. The molecule has 0 aliphatic rings. The average Bonchev–Trinajstić information content (AvgIpc) is 3.86. The van der Waals surface area contributed by atoms with Crippen molar-refractivity contribution in [2.24, 2.45) is 10.7 Å². The van der Waals surface area contributed by atoms with E-state index in [4.69, 9.17) is 51.3 Å². The molecule has 0 radical (unpaired) electrons. The largest absolute Gasteiger partial charge is 1.00 e. The number of alkyl halides is 1. The molecular weight excluding hydrogens is 895 g/mol. The van der Waals surface area contributed by atoms with E-state index in [2.05, 4.69) is 169 Å². The summed E-state index contributed by atoms with van der Waals surface area (Å²) < 4.78 is 13.2. The standard InChI is InChI=1S/C28H30N2O.C26H29N2O.C2H3ClO.CH2O3.Na/c1-19(2)25-12-9-13-26(20(3)4)27(25)30-15-14-29-28(30)23-16-22(17-24(18-23)31-5)21-10-7-6-8-11-21;1-17(2)23-12-9-13-24(18(3)4)25(23)28-26(27)21-14-20(15-22(16-21)29-5)19-10-7-6-8-11-19;3-1-2-4;2-1-4-3;/h6-20H,1-5H3;6-18H,5H2,1-4H3,(H2,27,28);2H,1H2;1,3H;/q;+1;;;+1/p-1. The van der Waals surface area contributed by atoms with Gasteiger partial charge in [0.15, 0.2) is 0 Å². The smallest absolute Gasteiger partial charge is 0.662 e. The van der Waals surface area contributed by atoms with Gasteiger partial charge >= 0.3 is 35.3 Å². The van der Waals surface area contributed by atoms with E-state index in [1.54, 1.807) is 7.11 Å². The van der Waals surface area contributed by atoms with Gasteiger partial charge in [0.05, 0.1) is 36.5 Å². The molecule has 0 atom stereocenters. The van der Waals surface area contributed by atoms with E-state index in [0.717, 1.165) is 50.6 Å². The molecule has 7 aromatic rings. The van der Waals surface area contributed by atoms with E-state index >= 15 is 0 Å². The van der Waals surface area contributed by atoms with Gasteiger partial charge in [0.25, 0.3) is 13.3 Å². The van der Waals surface area contributed by atoms with E-state index in [0.29, 0.717) is 41.5 Å². The van der Waals surface area contributed by atoms with Crippen LogP contribution >= 0.6 is 11.6 Å². The molecule has 1 aromatic heterocycles. The van der Waals surface area contributed by atoms with Crippen molar-refractivity contribution in [1.82, 2.24) is 9.55 Å². The molecule has 0 unspecified atom stereocenters. The quantitative estimate of drug-likeness (QED) is 0.0167. The van der Waals surface area contributed by atoms with Crippen LogP contribution in [-0.2, 0) is 18.9 Å². The second kappa shape index (κ2) is 29.0. The van der Waals surface area contributed by atoms with E-state index in [1.165, 1.54) is 27.9 Å². The molecule has 0 saturated heterocycles. The number of hydrogen-bond acceptors (Lipinski definition) is 7. The molecular formula is C57H63ClN4NaO6+. The van der Waals surface area contributed by atoms with Gasteiger partial charge in [0.2, 0.25) is 0 Å². The van der Waals surface area contributed by atoms with Crippen LogP contribution in [0.4, 0.5) is 5.69 Å². The Bertz CT molecular complexity index is 2680. The van der Waals surface area contributed by atoms with Gasteiger partial charge in [-0.15, -0.1) is 11.6 Å². The van der Waals surface area contributed by atoms with Gasteiger partial charge in [0.1, 0.15) is 23.7 Å². The van der Waals surface area contributed by atoms with Crippen LogP contribution in [0.2, 0.25) is 0 Å². The molecule has 0 amide bonds. The Labute approximate surface area is 435 Å². The van der Waals surface area contributed by atoms with Crippen molar-refractivity contribution >= 4 is 42.7 Å². The molecule has 12 heteroatoms. The van der Waals surface area contributed by atoms with Crippen LogP contribution in [0, 0.1) is 0 Å². The first-order valence-electron chi connectivity index (χ1n) is 22.5. The number of aromatic nitrogens is 2. The minimum Gasteiger partial charge on any atom is -0.662 e. The fourth-order valence-electron chi connectivity index (χ4n) is 7.58. The number of carbonyl (C=O) groups is 2. The summed E-state index contributed by atoms with van der Waals surface area (Å²) in [6.45, 7) is 21.1. The molecule has 0 aliphatic heterocycles. The number of hydrogen-bond donors (Lipinski definition) is 1. The van der Waals surface area contributed by atoms with Crippen LogP contribution in [0.25, 0.3) is 39.3 Å². The molecule has 0 fully saturated rings. The zero-order chi connectivity index (χ0) is 49.8. The van der Waals surface area contributed by atoms with E-state index < -0.39 is 0 Å². The van der Waals surface area contributed by atoms with Gasteiger partial charge in [0, 0.05) is 23.5 Å². The molecule has 0 aliphatic carbocycles. The van der Waals surface area contributed by atoms with Gasteiger partial charge in [-0.25, -0.2) is 14.4 Å². The third-order valence-corrected chi connectivity index (χ3v) is 11.0. The molecule has 0 spiro atoms. The number of carbonyl (C=O) groups excluding carboxylic acids is 3. The second-order valence-corrected chi connectivity index (χ2v) is 17.2. The molecule has 0 bridgehead atoms. The summed E-state index contributed by atoms with van der Waals surface area (Å²) in [6, 6.07) is 45.8. The van der Waals surface area contributed by atoms with Crippen LogP contribution in [0.1, 0.15) is 107 Å². The van der Waals surface area contributed by atoms with Crippen molar-refractivity contribution in [3.05, 3.63) is 174 Å². The summed E-state index contributed by atoms with van der Waals surface area (Å²) >= 11 is 4.82. The number of rotatable bonds is 14. The number of nitrogens with two attached hydrogens (primary N) is 1. The molecule has 69 heavy (non-hydrogen) atoms. The van der Waals surface area contributed by atoms with Crippen molar-refractivity contribution in [2.75, 3.05) is 13.0 Å². The van der Waals surface area contributed by atoms with Gasteiger partial charge in [-0.05, 0) is 92.4 Å². The SMILES string of the molecule is C=[O+]c1cc(C(N)=Nc2c(C(C)C)cccc2C(C)C)cc(-c2ccccc2)c1.COc1cc(-c2ccccc2)cc(-c2nccn2-c2c(C(C)C)cccc2C(C)C)c1.O=CCCl.O=CO[O-].[Na+]. The maximum absolute atomic E-state index is 9.04. The maximum Gasteiger partial charge on any atom is 1.00 e. The zero-order valence-electron chi connectivity index (χ0n) is 41.5. The van der Waals surface area contributed by atoms with Gasteiger partial charge < -0.3 is 25.4 Å². The Kier molecular flexibility index (Phi) is 24.0. The first-order valence-corrected chi connectivity index (χ1v) is 23.0. The molecule has 1 heterocycles. The van der Waals surface area contributed by atoms with E-state index in [-0.39, 0.29) is 41.9 Å². The van der Waals surface area contributed by atoms with Gasteiger partial charge in [-0.1, -0.05) is 152 Å². The minimum absolute atomic E-state index is 0. The third kappa shape index (κ3) is 16.0. The molecule has 354 valence electrons. The number of aliphatic imine (C=N–C) groups is 1. The van der Waals surface area contributed by atoms with Crippen molar-refractivity contribution in [2.45, 2.75) is 79.1 Å². The van der Waals surface area contributed by atoms with Crippen molar-refractivity contribution < 1.29 is 58.5 Å². The average molecular weight is 959 g/mol. The fraction of sp³-hybridized carbons (Fsp3) is 0.246. The number of halogens is 1. The van der Waals surface area contributed by atoms with Gasteiger partial charge in [-0.3, -0.25) is 9.36 Å². The monoisotopic (exact) mass is 957 g/mol. The Hall–Kier alpha value is -6.14. The first-order chi connectivity index (χ1) is 32.7. The summed E-state index contributed by atoms with van der Waals surface area (Å²) in [7, 11) is 1.71. The van der Waals surface area contributed by atoms with E-state index in [1.807, 2.05) is 48.7 Å². The molecule has 0 saturated carbocycles. The number of aldehydes is 1. The summed E-state index contributed by atoms with van der Waals surface area (Å²) in [5, 5.41) is 8.43. The number of nitrogens with zero attached hydrogens (tertiary/aromatic N) is 3. The first kappa shape index (κ1) is 57.2. The summed E-state index contributed by atoms with van der Waals surface area (Å²) in [6.07, 6.45) is 4.60.